The Morgan fingerprint density at radius 3 is 2.38 bits per heavy atom. The van der Waals surface area contributed by atoms with Gasteiger partial charge in [-0.15, -0.1) is 0 Å². The SMILES string of the molecule is CC1(O)CCN(O)C1. The molecule has 1 heterocycles. The lowest BCUT2D eigenvalue weighted by Crippen LogP contribution is -2.27. The lowest BCUT2D eigenvalue weighted by atomic mass is 10.1. The Labute approximate surface area is 48.5 Å². The monoisotopic (exact) mass is 117 g/mol. The maximum atomic E-state index is 9.16. The van der Waals surface area contributed by atoms with Gasteiger partial charge in [0, 0.05) is 6.54 Å². The average Bonchev–Trinajstić information content (AvgIpc) is 1.82. The van der Waals surface area contributed by atoms with Crippen molar-refractivity contribution in [3.8, 4) is 0 Å². The van der Waals surface area contributed by atoms with E-state index in [-0.39, 0.29) is 0 Å². The Bertz CT molecular complexity index is 92.4. The number of hydrogen-bond donors (Lipinski definition) is 2. The van der Waals surface area contributed by atoms with Crippen LogP contribution >= 0.6 is 0 Å². The highest BCUT2D eigenvalue weighted by Gasteiger charge is 2.29. The van der Waals surface area contributed by atoms with Crippen LogP contribution in [0.2, 0.25) is 0 Å². The summed E-state index contributed by atoms with van der Waals surface area (Å²) in [6, 6.07) is 0. The van der Waals surface area contributed by atoms with Crippen molar-refractivity contribution >= 4 is 0 Å². The molecule has 0 aromatic carbocycles. The standard InChI is InChI=1S/C5H11NO2/c1-5(7)2-3-6(8)4-5/h7-8H,2-4H2,1H3. The molecule has 48 valence electrons. The smallest absolute Gasteiger partial charge is 0.0782 e. The van der Waals surface area contributed by atoms with Crippen LogP contribution < -0.4 is 0 Å². The zero-order valence-electron chi connectivity index (χ0n) is 4.96. The van der Waals surface area contributed by atoms with Crippen molar-refractivity contribution in [2.75, 3.05) is 13.1 Å². The summed E-state index contributed by atoms with van der Waals surface area (Å²) in [6.45, 7) is 2.70. The first-order valence-corrected chi connectivity index (χ1v) is 2.76. The van der Waals surface area contributed by atoms with E-state index in [1.165, 1.54) is 0 Å². The highest BCUT2D eigenvalue weighted by Crippen LogP contribution is 2.17. The molecule has 0 amide bonds. The Morgan fingerprint density at radius 1 is 1.62 bits per heavy atom. The predicted molar refractivity (Wildman–Crippen MR) is 28.6 cm³/mol. The summed E-state index contributed by atoms with van der Waals surface area (Å²) in [5.74, 6) is 0. The Morgan fingerprint density at radius 2 is 2.25 bits per heavy atom. The summed E-state index contributed by atoms with van der Waals surface area (Å²) in [6.07, 6.45) is 0.670. The van der Waals surface area contributed by atoms with Crippen molar-refractivity contribution in [3.63, 3.8) is 0 Å². The van der Waals surface area contributed by atoms with Crippen molar-refractivity contribution in [1.82, 2.24) is 5.06 Å². The Hall–Kier alpha value is -0.120. The lowest BCUT2D eigenvalue weighted by molar-refractivity contribution is -0.0868. The maximum Gasteiger partial charge on any atom is 0.0782 e. The molecule has 1 aliphatic rings. The van der Waals surface area contributed by atoms with Crippen molar-refractivity contribution in [3.05, 3.63) is 0 Å². The summed E-state index contributed by atoms with van der Waals surface area (Å²) in [5.41, 5.74) is -0.658. The van der Waals surface area contributed by atoms with Gasteiger partial charge >= 0.3 is 0 Å². The van der Waals surface area contributed by atoms with Crippen LogP contribution in [0, 0.1) is 0 Å². The minimum Gasteiger partial charge on any atom is -0.389 e. The molecular formula is C5H11NO2. The van der Waals surface area contributed by atoms with Gasteiger partial charge in [0.1, 0.15) is 0 Å². The lowest BCUT2D eigenvalue weighted by Gasteiger charge is -2.13. The third-order valence-electron chi connectivity index (χ3n) is 1.43. The molecule has 0 aromatic heterocycles. The molecule has 3 heteroatoms. The first-order valence-electron chi connectivity index (χ1n) is 2.76. The highest BCUT2D eigenvalue weighted by molar-refractivity contribution is 4.81. The molecule has 0 aliphatic carbocycles. The van der Waals surface area contributed by atoms with Crippen LogP contribution in [0.15, 0.2) is 0 Å². The van der Waals surface area contributed by atoms with Gasteiger partial charge in [-0.05, 0) is 13.3 Å². The van der Waals surface area contributed by atoms with E-state index in [0.717, 1.165) is 5.06 Å². The fourth-order valence-corrected chi connectivity index (χ4v) is 0.921. The van der Waals surface area contributed by atoms with Gasteiger partial charge in [-0.3, -0.25) is 0 Å². The van der Waals surface area contributed by atoms with E-state index >= 15 is 0 Å². The predicted octanol–water partition coefficient (Wildman–Crippen LogP) is -0.168. The molecule has 1 rings (SSSR count). The van der Waals surface area contributed by atoms with E-state index in [4.69, 9.17) is 10.3 Å². The molecule has 3 nitrogen and oxygen atoms in total. The van der Waals surface area contributed by atoms with E-state index < -0.39 is 5.60 Å². The highest BCUT2D eigenvalue weighted by atomic mass is 16.5. The molecule has 2 N–H and O–H groups in total. The van der Waals surface area contributed by atoms with E-state index in [1.807, 2.05) is 0 Å². The quantitative estimate of drug-likeness (QED) is 0.463. The van der Waals surface area contributed by atoms with E-state index in [0.29, 0.717) is 19.5 Å². The number of aliphatic hydroxyl groups is 1. The first-order chi connectivity index (χ1) is 3.60. The molecule has 0 aromatic rings. The Kier molecular flexibility index (Phi) is 1.27. The number of hydrogen-bond acceptors (Lipinski definition) is 3. The number of rotatable bonds is 0. The van der Waals surface area contributed by atoms with E-state index in [1.54, 1.807) is 6.92 Å². The topological polar surface area (TPSA) is 43.7 Å². The molecule has 1 atom stereocenters. The second-order valence-corrected chi connectivity index (χ2v) is 2.64. The maximum absolute atomic E-state index is 9.16. The van der Waals surface area contributed by atoms with Crippen LogP contribution in [0.25, 0.3) is 0 Å². The summed E-state index contributed by atoms with van der Waals surface area (Å²) in [5, 5.41) is 19.0. The second kappa shape index (κ2) is 1.69. The molecular weight excluding hydrogens is 106 g/mol. The zero-order valence-corrected chi connectivity index (χ0v) is 4.96. The molecule has 0 bridgehead atoms. The first kappa shape index (κ1) is 6.01. The van der Waals surface area contributed by atoms with Crippen molar-refractivity contribution in [2.45, 2.75) is 18.9 Å². The number of nitrogens with zero attached hydrogens (tertiary/aromatic N) is 1. The molecule has 1 aliphatic heterocycles. The molecule has 0 spiro atoms. The number of β-amino-alcohol motifs (C(OH)–C–C–N with tert-alkyl or cyclic N) is 1. The van der Waals surface area contributed by atoms with Gasteiger partial charge in [-0.2, -0.15) is 5.06 Å². The van der Waals surface area contributed by atoms with E-state index in [9.17, 15) is 0 Å². The van der Waals surface area contributed by atoms with Crippen molar-refractivity contribution < 1.29 is 10.3 Å². The molecule has 1 fully saturated rings. The minimum absolute atomic E-state index is 0.382. The van der Waals surface area contributed by atoms with Crippen LogP contribution in [-0.4, -0.2) is 34.1 Å². The minimum atomic E-state index is -0.658. The summed E-state index contributed by atoms with van der Waals surface area (Å²) in [4.78, 5) is 0. The van der Waals surface area contributed by atoms with Gasteiger partial charge in [0.2, 0.25) is 0 Å². The Balaban J connectivity index is 2.44. The summed E-state index contributed by atoms with van der Waals surface area (Å²) >= 11 is 0. The molecule has 0 saturated carbocycles. The second-order valence-electron chi connectivity index (χ2n) is 2.64. The van der Waals surface area contributed by atoms with Gasteiger partial charge < -0.3 is 10.3 Å². The van der Waals surface area contributed by atoms with Crippen LogP contribution in [0.1, 0.15) is 13.3 Å². The number of hydroxylamine groups is 2. The molecule has 0 radical (unpaired) electrons. The molecule has 1 unspecified atom stereocenters. The van der Waals surface area contributed by atoms with Gasteiger partial charge in [0.15, 0.2) is 0 Å². The largest absolute Gasteiger partial charge is 0.389 e. The summed E-state index contributed by atoms with van der Waals surface area (Å²) < 4.78 is 0. The van der Waals surface area contributed by atoms with Crippen molar-refractivity contribution in [2.24, 2.45) is 0 Å². The summed E-state index contributed by atoms with van der Waals surface area (Å²) in [7, 11) is 0. The third-order valence-corrected chi connectivity index (χ3v) is 1.43. The average molecular weight is 117 g/mol. The molecule has 1 saturated heterocycles. The van der Waals surface area contributed by atoms with Crippen LogP contribution in [-0.2, 0) is 0 Å². The molecule has 8 heavy (non-hydrogen) atoms. The normalized spacial score (nSPS) is 40.9. The van der Waals surface area contributed by atoms with Gasteiger partial charge in [-0.25, -0.2) is 0 Å². The fraction of sp³-hybridized carbons (Fsp3) is 1.00. The third kappa shape index (κ3) is 1.18. The van der Waals surface area contributed by atoms with Crippen LogP contribution in [0.4, 0.5) is 0 Å². The van der Waals surface area contributed by atoms with Crippen LogP contribution in [0.5, 0.6) is 0 Å². The van der Waals surface area contributed by atoms with Crippen LogP contribution in [0.3, 0.4) is 0 Å². The van der Waals surface area contributed by atoms with Gasteiger partial charge in [0.25, 0.3) is 0 Å². The van der Waals surface area contributed by atoms with Crippen molar-refractivity contribution in [1.29, 1.82) is 0 Å². The van der Waals surface area contributed by atoms with Gasteiger partial charge in [0.05, 0.1) is 12.1 Å². The fourth-order valence-electron chi connectivity index (χ4n) is 0.921. The van der Waals surface area contributed by atoms with E-state index in [2.05, 4.69) is 0 Å². The van der Waals surface area contributed by atoms with Gasteiger partial charge in [-0.1, -0.05) is 0 Å². The zero-order chi connectivity index (χ0) is 6.20.